The van der Waals surface area contributed by atoms with Crippen LogP contribution < -0.4 is 9.47 Å². The molecule has 5 heteroatoms. The molecule has 0 heterocycles. The normalized spacial score (nSPS) is 11.0. The minimum absolute atomic E-state index is 0.443. The lowest BCUT2D eigenvalue weighted by Gasteiger charge is -2.13. The van der Waals surface area contributed by atoms with E-state index in [4.69, 9.17) is 14.7 Å². The lowest BCUT2D eigenvalue weighted by atomic mass is 10.1. The molecule has 0 spiro atoms. The molecule has 0 aliphatic heterocycles. The molecular weight excluding hydrogens is 358 g/mol. The van der Waals surface area contributed by atoms with Crippen LogP contribution in [0.4, 0.5) is 0 Å². The predicted molar refractivity (Wildman–Crippen MR) is 95.2 cm³/mol. The van der Waals surface area contributed by atoms with Crippen LogP contribution in [0.25, 0.3) is 0 Å². The van der Waals surface area contributed by atoms with Gasteiger partial charge in [-0.05, 0) is 83.2 Å². The number of aryl methyl sites for hydroxylation is 2. The quantitative estimate of drug-likeness (QED) is 0.345. The molecule has 0 unspecified atom stereocenters. The molecular formula is C18H20BrNO3. The molecule has 0 saturated carbocycles. The summed E-state index contributed by atoms with van der Waals surface area (Å²) in [6.07, 6.45) is 1.36. The predicted octanol–water partition coefficient (Wildman–Crippen LogP) is 4.64. The number of hydrogen-bond donors (Lipinski definition) is 1. The van der Waals surface area contributed by atoms with Gasteiger partial charge >= 0.3 is 0 Å². The minimum Gasteiger partial charge on any atom is -0.490 e. The second-order valence-corrected chi connectivity index (χ2v) is 6.19. The number of hydrogen-bond acceptors (Lipinski definition) is 4. The summed E-state index contributed by atoms with van der Waals surface area (Å²) in [4.78, 5) is 0. The number of benzene rings is 2. The molecule has 0 atom stereocenters. The largest absolute Gasteiger partial charge is 0.490 e. The Bertz CT molecular complexity index is 714. The number of oxime groups is 1. The maximum Gasteiger partial charge on any atom is 0.133 e. The molecule has 122 valence electrons. The molecule has 0 aliphatic carbocycles. The monoisotopic (exact) mass is 377 g/mol. The molecule has 2 rings (SSSR count). The summed E-state index contributed by atoms with van der Waals surface area (Å²) >= 11 is 3.44. The van der Waals surface area contributed by atoms with Crippen LogP contribution in [0.2, 0.25) is 0 Å². The Morgan fingerprint density at radius 3 is 2.39 bits per heavy atom. The number of halogens is 1. The van der Waals surface area contributed by atoms with Gasteiger partial charge in [-0.1, -0.05) is 11.2 Å². The topological polar surface area (TPSA) is 51.0 Å². The van der Waals surface area contributed by atoms with Crippen molar-refractivity contribution in [2.24, 2.45) is 5.16 Å². The summed E-state index contributed by atoms with van der Waals surface area (Å²) < 4.78 is 12.3. The van der Waals surface area contributed by atoms with Gasteiger partial charge in [0.1, 0.15) is 24.7 Å². The highest BCUT2D eigenvalue weighted by molar-refractivity contribution is 9.10. The summed E-state index contributed by atoms with van der Waals surface area (Å²) in [6, 6.07) is 9.65. The van der Waals surface area contributed by atoms with Crippen LogP contribution in [0.15, 0.2) is 40.0 Å². The zero-order valence-corrected chi connectivity index (χ0v) is 15.1. The number of rotatable bonds is 6. The lowest BCUT2D eigenvalue weighted by Crippen LogP contribution is -2.10. The Hall–Kier alpha value is -2.01. The van der Waals surface area contributed by atoms with Gasteiger partial charge in [-0.2, -0.15) is 0 Å². The maximum absolute atomic E-state index is 8.53. The number of nitrogens with zero attached hydrogens (tertiary/aromatic N) is 1. The highest BCUT2D eigenvalue weighted by Gasteiger charge is 2.05. The molecule has 0 amide bonds. The van der Waals surface area contributed by atoms with E-state index < -0.39 is 0 Å². The summed E-state index contributed by atoms with van der Waals surface area (Å²) in [7, 11) is 0. The van der Waals surface area contributed by atoms with Crippen molar-refractivity contribution in [3.8, 4) is 11.5 Å². The van der Waals surface area contributed by atoms with Crippen molar-refractivity contribution in [3.63, 3.8) is 0 Å². The van der Waals surface area contributed by atoms with Gasteiger partial charge in [0.25, 0.3) is 0 Å². The first-order valence-corrected chi connectivity index (χ1v) is 8.11. The van der Waals surface area contributed by atoms with Gasteiger partial charge in [-0.25, -0.2) is 0 Å². The van der Waals surface area contributed by atoms with Crippen molar-refractivity contribution in [1.29, 1.82) is 0 Å². The first-order valence-electron chi connectivity index (χ1n) is 7.31. The van der Waals surface area contributed by atoms with E-state index in [1.165, 1.54) is 17.3 Å². The Labute approximate surface area is 144 Å². The second kappa shape index (κ2) is 8.02. The average Bonchev–Trinajstić information content (AvgIpc) is 2.50. The third-order valence-electron chi connectivity index (χ3n) is 3.53. The molecule has 0 radical (unpaired) electrons. The van der Waals surface area contributed by atoms with E-state index in [0.717, 1.165) is 27.1 Å². The van der Waals surface area contributed by atoms with Crippen LogP contribution >= 0.6 is 15.9 Å². The summed E-state index contributed by atoms with van der Waals surface area (Å²) in [5, 5.41) is 11.5. The van der Waals surface area contributed by atoms with E-state index in [2.05, 4.69) is 47.9 Å². The van der Waals surface area contributed by atoms with Crippen LogP contribution in [0.5, 0.6) is 11.5 Å². The smallest absolute Gasteiger partial charge is 0.133 e. The zero-order chi connectivity index (χ0) is 16.8. The van der Waals surface area contributed by atoms with Gasteiger partial charge in [0, 0.05) is 0 Å². The summed E-state index contributed by atoms with van der Waals surface area (Å²) in [6.45, 7) is 7.11. The first kappa shape index (κ1) is 17.3. The van der Waals surface area contributed by atoms with Crippen LogP contribution in [-0.2, 0) is 0 Å². The fourth-order valence-electron chi connectivity index (χ4n) is 2.24. The number of ether oxygens (including phenoxy) is 2. The third-order valence-corrected chi connectivity index (χ3v) is 4.14. The fraction of sp³-hybridized carbons (Fsp3) is 0.278. The van der Waals surface area contributed by atoms with Gasteiger partial charge < -0.3 is 14.7 Å². The molecule has 23 heavy (non-hydrogen) atoms. The molecule has 0 saturated heterocycles. The Balaban J connectivity index is 1.91. The van der Waals surface area contributed by atoms with E-state index in [1.807, 2.05) is 24.3 Å². The van der Waals surface area contributed by atoms with E-state index in [9.17, 15) is 0 Å². The van der Waals surface area contributed by atoms with Gasteiger partial charge in [0.05, 0.1) is 10.7 Å². The minimum atomic E-state index is 0.443. The van der Waals surface area contributed by atoms with Crippen molar-refractivity contribution in [1.82, 2.24) is 0 Å². The molecule has 1 N–H and O–H groups in total. The van der Waals surface area contributed by atoms with Crippen molar-refractivity contribution in [3.05, 3.63) is 57.1 Å². The molecule has 0 bridgehead atoms. The SMILES string of the molecule is Cc1cc(C)c(C)c(OCCOc2ccc(C=NO)cc2Br)c1. The lowest BCUT2D eigenvalue weighted by molar-refractivity contribution is 0.215. The van der Waals surface area contributed by atoms with Crippen LogP contribution in [0, 0.1) is 20.8 Å². The van der Waals surface area contributed by atoms with Gasteiger partial charge in [-0.3, -0.25) is 0 Å². The van der Waals surface area contributed by atoms with Gasteiger partial charge in [0.15, 0.2) is 0 Å². The van der Waals surface area contributed by atoms with Gasteiger partial charge in [-0.15, -0.1) is 0 Å². The molecule has 2 aromatic carbocycles. The van der Waals surface area contributed by atoms with Crippen LogP contribution in [0.3, 0.4) is 0 Å². The second-order valence-electron chi connectivity index (χ2n) is 5.34. The standard InChI is InChI=1S/C18H20BrNO3/c1-12-8-13(2)14(3)18(9-12)23-7-6-22-17-5-4-15(11-20-21)10-16(17)19/h4-5,8-11,21H,6-7H2,1-3H3. The van der Waals surface area contributed by atoms with E-state index in [1.54, 1.807) is 0 Å². The molecule has 0 aromatic heterocycles. The van der Waals surface area contributed by atoms with Crippen LogP contribution in [0.1, 0.15) is 22.3 Å². The zero-order valence-electron chi connectivity index (χ0n) is 13.5. The van der Waals surface area contributed by atoms with E-state index in [0.29, 0.717) is 13.2 Å². The first-order chi connectivity index (χ1) is 11.0. The Morgan fingerprint density at radius 1 is 1.04 bits per heavy atom. The molecule has 0 fully saturated rings. The summed E-state index contributed by atoms with van der Waals surface area (Å²) in [5.41, 5.74) is 4.36. The van der Waals surface area contributed by atoms with E-state index >= 15 is 0 Å². The third kappa shape index (κ3) is 4.73. The van der Waals surface area contributed by atoms with Crippen molar-refractivity contribution in [2.45, 2.75) is 20.8 Å². The van der Waals surface area contributed by atoms with Crippen molar-refractivity contribution in [2.75, 3.05) is 13.2 Å². The Morgan fingerprint density at radius 2 is 1.74 bits per heavy atom. The van der Waals surface area contributed by atoms with Crippen molar-refractivity contribution < 1.29 is 14.7 Å². The molecule has 4 nitrogen and oxygen atoms in total. The van der Waals surface area contributed by atoms with Crippen LogP contribution in [-0.4, -0.2) is 24.6 Å². The maximum atomic E-state index is 8.53. The average molecular weight is 378 g/mol. The highest BCUT2D eigenvalue weighted by Crippen LogP contribution is 2.26. The van der Waals surface area contributed by atoms with E-state index in [-0.39, 0.29) is 0 Å². The Kier molecular flexibility index (Phi) is 6.04. The molecule has 2 aromatic rings. The van der Waals surface area contributed by atoms with Crippen molar-refractivity contribution >= 4 is 22.1 Å². The molecule has 0 aliphatic rings. The fourth-order valence-corrected chi connectivity index (χ4v) is 2.75. The summed E-state index contributed by atoms with van der Waals surface area (Å²) in [5.74, 6) is 1.63. The van der Waals surface area contributed by atoms with Gasteiger partial charge in [0.2, 0.25) is 0 Å². The highest BCUT2D eigenvalue weighted by atomic mass is 79.9.